The zero-order valence-corrected chi connectivity index (χ0v) is 13.3. The minimum absolute atomic E-state index is 0.694. The van der Waals surface area contributed by atoms with E-state index in [2.05, 4.69) is 5.32 Å². The van der Waals surface area contributed by atoms with Crippen LogP contribution in [0.2, 0.25) is 0 Å². The number of hydrogen-bond acceptors (Lipinski definition) is 3. The predicted octanol–water partition coefficient (Wildman–Crippen LogP) is -1.97. The van der Waals surface area contributed by atoms with E-state index in [1.54, 1.807) is 14.2 Å². The Kier molecular flexibility index (Phi) is 9.11. The van der Waals surface area contributed by atoms with Crippen LogP contribution in [-0.2, 0) is 9.47 Å². The maximum atomic E-state index is 5.04. The fourth-order valence-corrected chi connectivity index (χ4v) is 3.52. The van der Waals surface area contributed by atoms with Crippen molar-refractivity contribution in [1.82, 2.24) is 5.32 Å². The zero-order chi connectivity index (χ0) is 10.1. The molecule has 0 saturated carbocycles. The summed E-state index contributed by atoms with van der Waals surface area (Å²) in [5.74, 6) is 0. The molecule has 0 aromatic heterocycles. The maximum absolute atomic E-state index is 5.04. The molecule has 2 atom stereocenters. The first-order valence-corrected chi connectivity index (χ1v) is 7.25. The molecule has 0 rings (SSSR count). The monoisotopic (exact) mass is 221 g/mol. The lowest BCUT2D eigenvalue weighted by molar-refractivity contribution is 0.182. The lowest BCUT2D eigenvalue weighted by atomic mass is 10.4. The van der Waals surface area contributed by atoms with Crippen LogP contribution in [0.3, 0.4) is 0 Å². The Bertz CT molecular complexity index is 104. The van der Waals surface area contributed by atoms with Gasteiger partial charge in [-0.25, -0.2) is 0 Å². The highest BCUT2D eigenvalue weighted by Crippen LogP contribution is 1.92. The first kappa shape index (κ1) is 13.3. The molecule has 80 valence electrons. The molecule has 0 aliphatic rings. The molecule has 0 aliphatic carbocycles. The van der Waals surface area contributed by atoms with E-state index in [0.29, 0.717) is 11.3 Å². The lowest BCUT2D eigenvalue weighted by Crippen LogP contribution is -2.40. The van der Waals surface area contributed by atoms with Crippen LogP contribution < -0.4 is 5.32 Å². The molecule has 3 nitrogen and oxygen atoms in total. The quantitative estimate of drug-likeness (QED) is 0.483. The molecule has 0 aromatic carbocycles. The smallest absolute Gasteiger partial charge is 0.0473 e. The van der Waals surface area contributed by atoms with Gasteiger partial charge >= 0.3 is 0 Å². The number of methoxy groups -OCH3 is 2. The second kappa shape index (κ2) is 8.89. The highest BCUT2D eigenvalue weighted by molar-refractivity contribution is 6.14. The third kappa shape index (κ3) is 8.64. The molecule has 13 heavy (non-hydrogen) atoms. The van der Waals surface area contributed by atoms with Crippen molar-refractivity contribution in [3.8, 4) is 0 Å². The summed E-state index contributed by atoms with van der Waals surface area (Å²) in [6.07, 6.45) is 2.29. The van der Waals surface area contributed by atoms with Gasteiger partial charge in [0.05, 0.1) is 0 Å². The largest absolute Gasteiger partial charge is 0.385 e. The standard InChI is InChI=1S/C8H23NO2Si2/c1-10-5-3-7(12)9-8(13)4-6-11-2/h7-9H,3-6H2,1-2,12-13H3. The minimum atomic E-state index is 0.694. The van der Waals surface area contributed by atoms with E-state index in [1.807, 2.05) is 0 Å². The van der Waals surface area contributed by atoms with Gasteiger partial charge in [-0.15, -0.1) is 0 Å². The minimum Gasteiger partial charge on any atom is -0.385 e. The fraction of sp³-hybridized carbons (Fsp3) is 1.00. The highest BCUT2D eigenvalue weighted by atomic mass is 28.1. The average molecular weight is 221 g/mol. The van der Waals surface area contributed by atoms with E-state index >= 15 is 0 Å². The summed E-state index contributed by atoms with van der Waals surface area (Å²) in [7, 11) is 5.92. The molecule has 1 N–H and O–H groups in total. The Labute approximate surface area is 87.4 Å². The summed E-state index contributed by atoms with van der Waals surface area (Å²) in [5.41, 5.74) is 1.39. The van der Waals surface area contributed by atoms with Crippen LogP contribution in [0.5, 0.6) is 0 Å². The molecular formula is C8H23NO2Si2. The van der Waals surface area contributed by atoms with E-state index in [9.17, 15) is 0 Å². The Morgan fingerprint density at radius 3 is 1.69 bits per heavy atom. The van der Waals surface area contributed by atoms with Gasteiger partial charge in [0.25, 0.3) is 0 Å². The number of nitrogens with one attached hydrogen (secondary N) is 1. The first-order valence-electron chi connectivity index (χ1n) is 4.94. The molecule has 0 radical (unpaired) electrons. The van der Waals surface area contributed by atoms with E-state index in [-0.39, 0.29) is 0 Å². The van der Waals surface area contributed by atoms with Gasteiger partial charge in [-0.05, 0) is 24.2 Å². The van der Waals surface area contributed by atoms with Gasteiger partial charge in [0.1, 0.15) is 0 Å². The predicted molar refractivity (Wildman–Crippen MR) is 63.6 cm³/mol. The first-order chi connectivity index (χ1) is 6.20. The van der Waals surface area contributed by atoms with Gasteiger partial charge in [0, 0.05) is 47.9 Å². The van der Waals surface area contributed by atoms with Crippen LogP contribution in [0.25, 0.3) is 0 Å². The van der Waals surface area contributed by atoms with Crippen molar-refractivity contribution in [2.45, 2.75) is 24.2 Å². The average Bonchev–Trinajstić information content (AvgIpc) is 2.11. The van der Waals surface area contributed by atoms with Crippen molar-refractivity contribution < 1.29 is 9.47 Å². The molecule has 0 fully saturated rings. The van der Waals surface area contributed by atoms with Gasteiger partial charge in [0.2, 0.25) is 0 Å². The Morgan fingerprint density at radius 1 is 1.00 bits per heavy atom. The Hall–Kier alpha value is 0.314. The van der Waals surface area contributed by atoms with Crippen molar-refractivity contribution in [2.75, 3.05) is 27.4 Å². The van der Waals surface area contributed by atoms with Gasteiger partial charge in [-0.1, -0.05) is 0 Å². The van der Waals surface area contributed by atoms with Gasteiger partial charge in [-0.3, -0.25) is 0 Å². The molecule has 0 saturated heterocycles. The van der Waals surface area contributed by atoms with E-state index in [0.717, 1.165) is 26.1 Å². The second-order valence-electron chi connectivity index (χ2n) is 3.53. The second-order valence-corrected chi connectivity index (χ2v) is 6.32. The van der Waals surface area contributed by atoms with Crippen molar-refractivity contribution in [3.05, 3.63) is 0 Å². The summed E-state index contributed by atoms with van der Waals surface area (Å²) >= 11 is 0. The summed E-state index contributed by atoms with van der Waals surface area (Å²) < 4.78 is 10.1. The zero-order valence-electron chi connectivity index (χ0n) is 9.30. The van der Waals surface area contributed by atoms with Gasteiger partial charge in [0.15, 0.2) is 0 Å². The molecule has 0 bridgehead atoms. The van der Waals surface area contributed by atoms with Crippen LogP contribution in [0.15, 0.2) is 0 Å². The fourth-order valence-electron chi connectivity index (χ4n) is 1.24. The normalized spacial score (nSPS) is 16.2. The topological polar surface area (TPSA) is 30.5 Å². The summed E-state index contributed by atoms with van der Waals surface area (Å²) in [5, 5.41) is 3.61. The van der Waals surface area contributed by atoms with E-state index in [4.69, 9.17) is 9.47 Å². The number of hydrogen-bond donors (Lipinski definition) is 1. The molecule has 2 unspecified atom stereocenters. The molecule has 0 amide bonds. The third-order valence-corrected chi connectivity index (χ3v) is 3.90. The molecule has 5 heteroatoms. The van der Waals surface area contributed by atoms with E-state index in [1.165, 1.54) is 20.5 Å². The van der Waals surface area contributed by atoms with Crippen LogP contribution in [-0.4, -0.2) is 59.2 Å². The third-order valence-electron chi connectivity index (χ3n) is 2.08. The van der Waals surface area contributed by atoms with Crippen LogP contribution in [0, 0.1) is 0 Å². The van der Waals surface area contributed by atoms with Crippen LogP contribution in [0.1, 0.15) is 12.8 Å². The van der Waals surface area contributed by atoms with Crippen LogP contribution in [0.4, 0.5) is 0 Å². The molecule has 0 aromatic rings. The lowest BCUT2D eigenvalue weighted by Gasteiger charge is -2.19. The SMILES string of the molecule is COCCC([SiH3])NC([SiH3])CCOC. The maximum Gasteiger partial charge on any atom is 0.0473 e. The van der Waals surface area contributed by atoms with Crippen molar-refractivity contribution >= 4 is 20.5 Å². The molecule has 0 spiro atoms. The Morgan fingerprint density at radius 2 is 1.38 bits per heavy atom. The number of rotatable bonds is 8. The molecular weight excluding hydrogens is 198 g/mol. The van der Waals surface area contributed by atoms with Gasteiger partial charge < -0.3 is 14.8 Å². The Balaban J connectivity index is 3.35. The summed E-state index contributed by atoms with van der Waals surface area (Å²) in [6.45, 7) is 1.75. The van der Waals surface area contributed by atoms with Crippen molar-refractivity contribution in [2.24, 2.45) is 0 Å². The summed E-state index contributed by atoms with van der Waals surface area (Å²) in [4.78, 5) is 0. The van der Waals surface area contributed by atoms with Crippen LogP contribution >= 0.6 is 0 Å². The molecule has 0 aliphatic heterocycles. The van der Waals surface area contributed by atoms with Crippen molar-refractivity contribution in [1.29, 1.82) is 0 Å². The van der Waals surface area contributed by atoms with Crippen molar-refractivity contribution in [3.63, 3.8) is 0 Å². The summed E-state index contributed by atoms with van der Waals surface area (Å²) in [6, 6.07) is 0. The van der Waals surface area contributed by atoms with Gasteiger partial charge in [-0.2, -0.15) is 0 Å². The van der Waals surface area contributed by atoms with E-state index < -0.39 is 0 Å². The number of ether oxygens (including phenoxy) is 2. The highest BCUT2D eigenvalue weighted by Gasteiger charge is 2.06. The molecule has 0 heterocycles.